The van der Waals surface area contributed by atoms with Crippen molar-refractivity contribution in [1.29, 1.82) is 0 Å². The van der Waals surface area contributed by atoms with Crippen LogP contribution in [0.4, 0.5) is 0 Å². The molecule has 1 saturated heterocycles. The van der Waals surface area contributed by atoms with E-state index in [1.54, 1.807) is 6.08 Å². The lowest BCUT2D eigenvalue weighted by Crippen LogP contribution is -2.60. The van der Waals surface area contributed by atoms with Crippen LogP contribution in [0.25, 0.3) is 0 Å². The lowest BCUT2D eigenvalue weighted by Gasteiger charge is -2.40. The molecule has 10 heteroatoms. The quantitative estimate of drug-likeness (QED) is 0.0232. The number of hydrogen-bond donors (Lipinski definition) is 7. The molecule has 380 valence electrons. The molecule has 1 fully saturated rings. The maximum absolute atomic E-state index is 13.1. The number of allylic oxidation sites excluding steroid dienone is 7. The number of carbonyl (C=O) groups excluding carboxylic acids is 1. The first-order chi connectivity index (χ1) is 31.8. The highest BCUT2D eigenvalue weighted by atomic mass is 16.7. The zero-order chi connectivity index (χ0) is 47.4. The van der Waals surface area contributed by atoms with E-state index in [9.17, 15) is 35.4 Å². The van der Waals surface area contributed by atoms with Crippen molar-refractivity contribution < 1.29 is 44.9 Å². The summed E-state index contributed by atoms with van der Waals surface area (Å²) in [5.41, 5.74) is 0. The van der Waals surface area contributed by atoms with Gasteiger partial charge in [0.1, 0.15) is 30.5 Å². The van der Waals surface area contributed by atoms with Gasteiger partial charge >= 0.3 is 0 Å². The highest BCUT2D eigenvalue weighted by Crippen LogP contribution is 2.23. The van der Waals surface area contributed by atoms with Gasteiger partial charge in [0.15, 0.2) is 6.29 Å². The summed E-state index contributed by atoms with van der Waals surface area (Å²) >= 11 is 0. The van der Waals surface area contributed by atoms with Crippen molar-refractivity contribution in [2.45, 2.75) is 281 Å². The highest BCUT2D eigenvalue weighted by molar-refractivity contribution is 5.80. The molecule has 7 N–H and O–H groups in total. The van der Waals surface area contributed by atoms with E-state index in [-0.39, 0.29) is 6.61 Å². The molecule has 0 aliphatic carbocycles. The SMILES string of the molecule is CCCCCCCCCC/C=C/CC/C=C/C(O)C(COC1OC(CO)C(O)C(O)C1O)NC(=O)C(O)CCCCCCCCCCCC/C=C\C/C=C\CCCCCCCCCCC. The van der Waals surface area contributed by atoms with E-state index in [0.717, 1.165) is 38.5 Å². The number of nitrogens with one attached hydrogen (secondary N) is 1. The van der Waals surface area contributed by atoms with Crippen LogP contribution in [-0.2, 0) is 14.3 Å². The summed E-state index contributed by atoms with van der Waals surface area (Å²) < 4.78 is 11.1. The summed E-state index contributed by atoms with van der Waals surface area (Å²) in [6, 6.07) is -0.999. The van der Waals surface area contributed by atoms with Crippen molar-refractivity contribution >= 4 is 5.91 Å². The Morgan fingerprint density at radius 3 is 1.43 bits per heavy atom. The van der Waals surface area contributed by atoms with Gasteiger partial charge in [-0.15, -0.1) is 0 Å². The lowest BCUT2D eigenvalue weighted by molar-refractivity contribution is -0.302. The molecule has 0 spiro atoms. The Kier molecular flexibility index (Phi) is 41.9. The van der Waals surface area contributed by atoms with E-state index >= 15 is 0 Å². The Morgan fingerprint density at radius 1 is 0.538 bits per heavy atom. The minimum Gasteiger partial charge on any atom is -0.394 e. The van der Waals surface area contributed by atoms with Gasteiger partial charge in [-0.3, -0.25) is 4.79 Å². The molecule has 1 heterocycles. The van der Waals surface area contributed by atoms with Crippen LogP contribution in [0.3, 0.4) is 0 Å². The Hall–Kier alpha value is -1.89. The third-order valence-electron chi connectivity index (χ3n) is 12.7. The second kappa shape index (κ2) is 44.6. The summed E-state index contributed by atoms with van der Waals surface area (Å²) in [4.78, 5) is 13.1. The fourth-order valence-corrected chi connectivity index (χ4v) is 8.33. The zero-order valence-corrected chi connectivity index (χ0v) is 41.6. The van der Waals surface area contributed by atoms with E-state index in [1.165, 1.54) is 161 Å². The van der Waals surface area contributed by atoms with Crippen molar-refractivity contribution in [2.75, 3.05) is 13.2 Å². The number of rotatable bonds is 45. The van der Waals surface area contributed by atoms with Crippen molar-refractivity contribution in [3.63, 3.8) is 0 Å². The Morgan fingerprint density at radius 2 is 0.954 bits per heavy atom. The fourth-order valence-electron chi connectivity index (χ4n) is 8.33. The number of hydrogen-bond acceptors (Lipinski definition) is 9. The molecule has 1 aliphatic rings. The molecule has 65 heavy (non-hydrogen) atoms. The number of unbranched alkanes of at least 4 members (excludes halogenated alkanes) is 28. The monoisotopic (exact) mass is 920 g/mol. The first kappa shape index (κ1) is 61.1. The Bertz CT molecular complexity index is 1180. The lowest BCUT2D eigenvalue weighted by atomic mass is 9.99. The van der Waals surface area contributed by atoms with Crippen molar-refractivity contribution in [2.24, 2.45) is 0 Å². The van der Waals surface area contributed by atoms with Crippen LogP contribution in [0.15, 0.2) is 48.6 Å². The van der Waals surface area contributed by atoms with Gasteiger partial charge in [0, 0.05) is 0 Å². The van der Waals surface area contributed by atoms with Crippen molar-refractivity contribution in [3.8, 4) is 0 Å². The summed E-state index contributed by atoms with van der Waals surface area (Å²) in [6.07, 6.45) is 47.8. The van der Waals surface area contributed by atoms with Gasteiger partial charge in [-0.05, 0) is 64.2 Å². The standard InChI is InChI=1S/C55H101NO9/c1-3-5-7-9-11-13-15-17-19-20-21-22-23-24-25-26-27-28-29-30-32-34-36-38-40-42-44-49(59)54(63)56-47(46-64-55-53(62)52(61)51(60)50(45-57)65-55)48(58)43-41-39-37-35-33-31-18-16-14-12-10-8-6-4-2/h21-22,24-25,33,35,41,43,47-53,55,57-62H,3-20,23,26-32,34,36-40,42,44-46H2,1-2H3,(H,56,63)/b22-21-,25-24-,35-33+,43-41+. The molecule has 10 nitrogen and oxygen atoms in total. The maximum atomic E-state index is 13.1. The van der Waals surface area contributed by atoms with Crippen LogP contribution in [0.1, 0.15) is 232 Å². The summed E-state index contributed by atoms with van der Waals surface area (Å²) in [6.45, 7) is 3.59. The molecule has 1 aliphatic heterocycles. The molecule has 1 rings (SSSR count). The zero-order valence-electron chi connectivity index (χ0n) is 41.6. The average Bonchev–Trinajstić information content (AvgIpc) is 3.31. The molecule has 8 unspecified atom stereocenters. The number of aliphatic hydroxyl groups is 6. The van der Waals surface area contributed by atoms with E-state index in [4.69, 9.17) is 9.47 Å². The fraction of sp³-hybridized carbons (Fsp3) is 0.836. The van der Waals surface area contributed by atoms with Crippen LogP contribution in [0.5, 0.6) is 0 Å². The average molecular weight is 920 g/mol. The smallest absolute Gasteiger partial charge is 0.249 e. The van der Waals surface area contributed by atoms with Gasteiger partial charge < -0.3 is 45.4 Å². The minimum absolute atomic E-state index is 0.299. The molecule has 0 saturated carbocycles. The van der Waals surface area contributed by atoms with E-state index in [1.807, 2.05) is 6.08 Å². The molecule has 0 radical (unpaired) electrons. The molecule has 8 atom stereocenters. The number of carbonyl (C=O) groups is 1. The van der Waals surface area contributed by atoms with E-state index in [0.29, 0.717) is 19.3 Å². The van der Waals surface area contributed by atoms with E-state index < -0.39 is 61.5 Å². The maximum Gasteiger partial charge on any atom is 0.249 e. The summed E-state index contributed by atoms with van der Waals surface area (Å²) in [5.74, 6) is -0.629. The van der Waals surface area contributed by atoms with Gasteiger partial charge in [-0.1, -0.05) is 217 Å². The number of aliphatic hydroxyl groups excluding tert-OH is 6. The predicted molar refractivity (Wildman–Crippen MR) is 269 cm³/mol. The molecule has 1 amide bonds. The molecule has 0 aromatic carbocycles. The molecule has 0 aromatic rings. The summed E-state index contributed by atoms with van der Waals surface area (Å²) in [7, 11) is 0. The van der Waals surface area contributed by atoms with Crippen molar-refractivity contribution in [3.05, 3.63) is 48.6 Å². The van der Waals surface area contributed by atoms with Crippen LogP contribution in [-0.4, -0.2) is 98.7 Å². The normalized spacial score (nSPS) is 20.8. The first-order valence-corrected chi connectivity index (χ1v) is 27.0. The number of amides is 1. The Balaban J connectivity index is 2.29. The topological polar surface area (TPSA) is 169 Å². The van der Waals surface area contributed by atoms with Gasteiger partial charge in [-0.25, -0.2) is 0 Å². The van der Waals surface area contributed by atoms with Gasteiger partial charge in [0.25, 0.3) is 0 Å². The molecular weight excluding hydrogens is 819 g/mol. The van der Waals surface area contributed by atoms with Gasteiger partial charge in [0.2, 0.25) is 5.91 Å². The highest BCUT2D eigenvalue weighted by Gasteiger charge is 2.44. The molecular formula is C55H101NO9. The molecule has 0 bridgehead atoms. The first-order valence-electron chi connectivity index (χ1n) is 27.0. The van der Waals surface area contributed by atoms with E-state index in [2.05, 4.69) is 55.6 Å². The van der Waals surface area contributed by atoms with Crippen LogP contribution < -0.4 is 5.32 Å². The van der Waals surface area contributed by atoms with Crippen LogP contribution >= 0.6 is 0 Å². The van der Waals surface area contributed by atoms with Crippen molar-refractivity contribution in [1.82, 2.24) is 5.32 Å². The van der Waals surface area contributed by atoms with Crippen LogP contribution in [0, 0.1) is 0 Å². The third-order valence-corrected chi connectivity index (χ3v) is 12.7. The summed E-state index contributed by atoms with van der Waals surface area (Å²) in [5, 5.41) is 64.8. The minimum atomic E-state index is -1.62. The largest absolute Gasteiger partial charge is 0.394 e. The second-order valence-electron chi connectivity index (χ2n) is 18.8. The second-order valence-corrected chi connectivity index (χ2v) is 18.8. The number of ether oxygens (including phenoxy) is 2. The van der Waals surface area contributed by atoms with Gasteiger partial charge in [0.05, 0.1) is 25.4 Å². The van der Waals surface area contributed by atoms with Crippen LogP contribution in [0.2, 0.25) is 0 Å². The molecule has 0 aromatic heterocycles. The van der Waals surface area contributed by atoms with Gasteiger partial charge in [-0.2, -0.15) is 0 Å². The third kappa shape index (κ3) is 34.1. The Labute approximate surface area is 397 Å². The predicted octanol–water partition coefficient (Wildman–Crippen LogP) is 11.5.